The SMILES string of the molecule is CC(C)[C@H](N)CC(F)(F)F. The molecule has 1 nitrogen and oxygen atoms in total. The number of nitrogens with two attached hydrogens (primary N) is 1. The summed E-state index contributed by atoms with van der Waals surface area (Å²) in [6, 6.07) is -0.764. The first-order valence-electron chi connectivity index (χ1n) is 3.15. The summed E-state index contributed by atoms with van der Waals surface area (Å²) < 4.78 is 34.8. The van der Waals surface area contributed by atoms with Gasteiger partial charge in [-0.15, -0.1) is 0 Å². The lowest BCUT2D eigenvalue weighted by atomic mass is 10.0. The Hall–Kier alpha value is -0.250. The third-order valence-corrected chi connectivity index (χ3v) is 1.32. The van der Waals surface area contributed by atoms with E-state index in [0.717, 1.165) is 0 Å². The van der Waals surface area contributed by atoms with Crippen molar-refractivity contribution in [2.75, 3.05) is 0 Å². The van der Waals surface area contributed by atoms with E-state index in [4.69, 9.17) is 5.73 Å². The molecule has 0 saturated heterocycles. The summed E-state index contributed by atoms with van der Waals surface area (Å²) in [7, 11) is 0. The second-order valence-corrected chi connectivity index (χ2v) is 2.73. The van der Waals surface area contributed by atoms with Crippen LogP contribution < -0.4 is 5.73 Å². The Labute approximate surface area is 58.4 Å². The molecule has 0 aliphatic carbocycles. The van der Waals surface area contributed by atoms with Crippen molar-refractivity contribution in [1.82, 2.24) is 0 Å². The molecule has 4 heteroatoms. The zero-order valence-corrected chi connectivity index (χ0v) is 6.07. The normalized spacial score (nSPS) is 15.9. The maximum atomic E-state index is 11.6. The van der Waals surface area contributed by atoms with Crippen molar-refractivity contribution in [1.29, 1.82) is 0 Å². The Bertz CT molecular complexity index is 97.7. The highest BCUT2D eigenvalue weighted by atomic mass is 19.4. The highest BCUT2D eigenvalue weighted by Crippen LogP contribution is 2.23. The van der Waals surface area contributed by atoms with Gasteiger partial charge >= 0.3 is 6.18 Å². The summed E-state index contributed by atoms with van der Waals surface area (Å²) >= 11 is 0. The fourth-order valence-electron chi connectivity index (χ4n) is 0.503. The number of hydrogen-bond acceptors (Lipinski definition) is 1. The van der Waals surface area contributed by atoms with Crippen LogP contribution in [0.4, 0.5) is 13.2 Å². The van der Waals surface area contributed by atoms with E-state index in [9.17, 15) is 13.2 Å². The van der Waals surface area contributed by atoms with Gasteiger partial charge < -0.3 is 5.73 Å². The molecule has 0 aromatic rings. The highest BCUT2D eigenvalue weighted by molar-refractivity contribution is 4.68. The lowest BCUT2D eigenvalue weighted by Gasteiger charge is -2.16. The summed E-state index contributed by atoms with van der Waals surface area (Å²) in [6.45, 7) is 3.35. The molecule has 62 valence electrons. The second kappa shape index (κ2) is 3.23. The van der Waals surface area contributed by atoms with E-state index in [1.54, 1.807) is 13.8 Å². The Morgan fingerprint density at radius 3 is 1.80 bits per heavy atom. The van der Waals surface area contributed by atoms with Crippen LogP contribution >= 0.6 is 0 Å². The number of rotatable bonds is 2. The first-order chi connectivity index (χ1) is 4.33. The van der Waals surface area contributed by atoms with Gasteiger partial charge in [0, 0.05) is 6.04 Å². The quantitative estimate of drug-likeness (QED) is 0.647. The van der Waals surface area contributed by atoms with Gasteiger partial charge in [0.1, 0.15) is 0 Å². The van der Waals surface area contributed by atoms with Gasteiger partial charge in [-0.2, -0.15) is 13.2 Å². The predicted molar refractivity (Wildman–Crippen MR) is 33.5 cm³/mol. The smallest absolute Gasteiger partial charge is 0.327 e. The zero-order chi connectivity index (χ0) is 8.36. The molecular weight excluding hydrogens is 143 g/mol. The summed E-state index contributed by atoms with van der Waals surface area (Å²) in [6.07, 6.45) is -5.01. The van der Waals surface area contributed by atoms with Crippen molar-refractivity contribution < 1.29 is 13.2 Å². The predicted octanol–water partition coefficient (Wildman–Crippen LogP) is 1.92. The van der Waals surface area contributed by atoms with Crippen LogP contribution in [0.25, 0.3) is 0 Å². The molecule has 0 spiro atoms. The van der Waals surface area contributed by atoms with Gasteiger partial charge in [0.25, 0.3) is 0 Å². The molecule has 10 heavy (non-hydrogen) atoms. The molecule has 0 fully saturated rings. The van der Waals surface area contributed by atoms with E-state index in [2.05, 4.69) is 0 Å². The average molecular weight is 155 g/mol. The van der Waals surface area contributed by atoms with Crippen LogP contribution in [0, 0.1) is 5.92 Å². The monoisotopic (exact) mass is 155 g/mol. The summed E-state index contributed by atoms with van der Waals surface area (Å²) in [5.74, 6) is -0.110. The first-order valence-corrected chi connectivity index (χ1v) is 3.15. The maximum Gasteiger partial charge on any atom is 0.390 e. The molecule has 0 bridgehead atoms. The fourth-order valence-corrected chi connectivity index (χ4v) is 0.503. The summed E-state index contributed by atoms with van der Waals surface area (Å²) in [5, 5.41) is 0. The Morgan fingerprint density at radius 2 is 1.70 bits per heavy atom. The molecule has 0 saturated carbocycles. The number of hydrogen-bond donors (Lipinski definition) is 1. The molecule has 0 aliphatic rings. The van der Waals surface area contributed by atoms with Crippen LogP contribution in [-0.2, 0) is 0 Å². The molecule has 0 aliphatic heterocycles. The minimum atomic E-state index is -4.12. The van der Waals surface area contributed by atoms with Gasteiger partial charge in [-0.3, -0.25) is 0 Å². The molecule has 1 atom stereocenters. The van der Waals surface area contributed by atoms with Crippen LogP contribution in [-0.4, -0.2) is 12.2 Å². The molecule has 0 heterocycles. The zero-order valence-electron chi connectivity index (χ0n) is 6.07. The third-order valence-electron chi connectivity index (χ3n) is 1.32. The van der Waals surface area contributed by atoms with Crippen LogP contribution in [0.1, 0.15) is 20.3 Å². The van der Waals surface area contributed by atoms with Crippen LogP contribution in [0.5, 0.6) is 0 Å². The molecule has 0 unspecified atom stereocenters. The van der Waals surface area contributed by atoms with Crippen molar-refractivity contribution in [3.05, 3.63) is 0 Å². The molecule has 2 N–H and O–H groups in total. The van der Waals surface area contributed by atoms with Crippen molar-refractivity contribution in [3.63, 3.8) is 0 Å². The summed E-state index contributed by atoms with van der Waals surface area (Å²) in [4.78, 5) is 0. The number of halogens is 3. The maximum absolute atomic E-state index is 11.6. The lowest BCUT2D eigenvalue weighted by Crippen LogP contribution is -2.32. The van der Waals surface area contributed by atoms with E-state index in [0.29, 0.717) is 0 Å². The van der Waals surface area contributed by atoms with Gasteiger partial charge in [-0.25, -0.2) is 0 Å². The van der Waals surface area contributed by atoms with Gasteiger partial charge in [0.05, 0.1) is 6.42 Å². The second-order valence-electron chi connectivity index (χ2n) is 2.73. The largest absolute Gasteiger partial charge is 0.390 e. The molecule has 0 aromatic heterocycles. The minimum Gasteiger partial charge on any atom is -0.327 e. The Morgan fingerprint density at radius 1 is 1.30 bits per heavy atom. The van der Waals surface area contributed by atoms with E-state index in [1.807, 2.05) is 0 Å². The topological polar surface area (TPSA) is 26.0 Å². The van der Waals surface area contributed by atoms with E-state index >= 15 is 0 Å². The Balaban J connectivity index is 3.68. The van der Waals surface area contributed by atoms with Crippen LogP contribution in [0.3, 0.4) is 0 Å². The average Bonchev–Trinajstić information content (AvgIpc) is 1.60. The van der Waals surface area contributed by atoms with Crippen LogP contribution in [0.2, 0.25) is 0 Å². The van der Waals surface area contributed by atoms with E-state index < -0.39 is 18.6 Å². The lowest BCUT2D eigenvalue weighted by molar-refractivity contribution is -0.140. The van der Waals surface area contributed by atoms with Gasteiger partial charge in [-0.05, 0) is 5.92 Å². The Kier molecular flexibility index (Phi) is 3.15. The van der Waals surface area contributed by atoms with Crippen LogP contribution in [0.15, 0.2) is 0 Å². The van der Waals surface area contributed by atoms with Gasteiger partial charge in [0.2, 0.25) is 0 Å². The van der Waals surface area contributed by atoms with Gasteiger partial charge in [0.15, 0.2) is 0 Å². The molecule has 0 radical (unpaired) electrons. The standard InChI is InChI=1S/C6H12F3N/c1-4(2)5(10)3-6(7,8)9/h4-5H,3,10H2,1-2H3/t5-/m1/s1. The molecule has 0 amide bonds. The molecule has 0 aromatic carbocycles. The number of alkyl halides is 3. The van der Waals surface area contributed by atoms with E-state index in [-0.39, 0.29) is 5.92 Å². The van der Waals surface area contributed by atoms with Crippen molar-refractivity contribution in [2.45, 2.75) is 32.5 Å². The van der Waals surface area contributed by atoms with Crippen molar-refractivity contribution >= 4 is 0 Å². The fraction of sp³-hybridized carbons (Fsp3) is 1.00. The first kappa shape index (κ1) is 9.75. The molecular formula is C6H12F3N. The highest BCUT2D eigenvalue weighted by Gasteiger charge is 2.31. The van der Waals surface area contributed by atoms with Crippen molar-refractivity contribution in [2.24, 2.45) is 11.7 Å². The summed E-state index contributed by atoms with van der Waals surface area (Å²) in [5.41, 5.74) is 5.18. The van der Waals surface area contributed by atoms with E-state index in [1.165, 1.54) is 0 Å². The molecule has 0 rings (SSSR count). The van der Waals surface area contributed by atoms with Crippen molar-refractivity contribution in [3.8, 4) is 0 Å². The third kappa shape index (κ3) is 4.61. The van der Waals surface area contributed by atoms with Gasteiger partial charge in [-0.1, -0.05) is 13.8 Å². The minimum absolute atomic E-state index is 0.110.